The molecule has 0 radical (unpaired) electrons. The van der Waals surface area contributed by atoms with E-state index in [0.717, 1.165) is 5.56 Å². The molecule has 0 aromatic heterocycles. The molecule has 0 aliphatic rings. The fourth-order valence-corrected chi connectivity index (χ4v) is 1.42. The van der Waals surface area contributed by atoms with E-state index in [0.29, 0.717) is 10.0 Å². The molecule has 5 heteroatoms. The predicted molar refractivity (Wildman–Crippen MR) is 57.0 cm³/mol. The number of carbonyl (C=O) groups excluding carboxylic acids is 1. The summed E-state index contributed by atoms with van der Waals surface area (Å²) in [5.41, 5.74) is 0.772. The summed E-state index contributed by atoms with van der Waals surface area (Å²) in [5, 5.41) is 0.543. The maximum Gasteiger partial charge on any atom is 0.247 e. The molecule has 1 rings (SSSR count). The Morgan fingerprint density at radius 2 is 2.07 bits per heavy atom. The van der Waals surface area contributed by atoms with Crippen molar-refractivity contribution in [2.45, 2.75) is 6.61 Å². The molecule has 0 saturated carbocycles. The van der Waals surface area contributed by atoms with Gasteiger partial charge in [0.2, 0.25) is 5.24 Å². The van der Waals surface area contributed by atoms with E-state index in [9.17, 15) is 4.79 Å². The second-order valence-electron chi connectivity index (χ2n) is 2.58. The number of ether oxygens (including phenoxy) is 1. The molecular weight excluding hydrogens is 246 g/mol. The molecule has 0 saturated heterocycles. The number of carbonyl (C=O) groups is 1. The van der Waals surface area contributed by atoms with Crippen molar-refractivity contribution in [1.82, 2.24) is 0 Å². The highest BCUT2D eigenvalue weighted by atomic mass is 35.5. The number of benzene rings is 1. The molecule has 0 bridgehead atoms. The molecule has 76 valence electrons. The molecular formula is C9H7Cl3O2. The Morgan fingerprint density at radius 1 is 1.36 bits per heavy atom. The van der Waals surface area contributed by atoms with Gasteiger partial charge in [0.25, 0.3) is 0 Å². The van der Waals surface area contributed by atoms with Crippen LogP contribution < -0.4 is 0 Å². The first-order chi connectivity index (χ1) is 6.59. The van der Waals surface area contributed by atoms with E-state index in [4.69, 9.17) is 39.5 Å². The van der Waals surface area contributed by atoms with Crippen LogP contribution in [0.15, 0.2) is 18.2 Å². The van der Waals surface area contributed by atoms with Crippen LogP contribution in [0.4, 0.5) is 0 Å². The maximum atomic E-state index is 10.4. The van der Waals surface area contributed by atoms with Gasteiger partial charge in [-0.3, -0.25) is 4.79 Å². The summed E-state index contributed by atoms with van der Waals surface area (Å²) < 4.78 is 4.99. The van der Waals surface area contributed by atoms with E-state index >= 15 is 0 Å². The zero-order valence-electron chi connectivity index (χ0n) is 7.10. The van der Waals surface area contributed by atoms with Gasteiger partial charge in [-0.2, -0.15) is 0 Å². The summed E-state index contributed by atoms with van der Waals surface area (Å²) in [5.74, 6) is 0. The topological polar surface area (TPSA) is 26.3 Å². The van der Waals surface area contributed by atoms with Crippen LogP contribution in [0.5, 0.6) is 0 Å². The third-order valence-electron chi connectivity index (χ3n) is 1.49. The average Bonchev–Trinajstić information content (AvgIpc) is 2.08. The second-order valence-corrected chi connectivity index (χ2v) is 3.85. The third kappa shape index (κ3) is 3.84. The van der Waals surface area contributed by atoms with Crippen molar-refractivity contribution in [3.63, 3.8) is 0 Å². The maximum absolute atomic E-state index is 10.4. The number of rotatable bonds is 4. The Kier molecular flexibility index (Phi) is 4.69. The average molecular weight is 254 g/mol. The largest absolute Gasteiger partial charge is 0.368 e. The van der Waals surface area contributed by atoms with Gasteiger partial charge in [-0.15, -0.1) is 0 Å². The van der Waals surface area contributed by atoms with Gasteiger partial charge >= 0.3 is 0 Å². The van der Waals surface area contributed by atoms with Gasteiger partial charge in [-0.1, -0.05) is 29.3 Å². The molecule has 0 amide bonds. The van der Waals surface area contributed by atoms with E-state index in [-0.39, 0.29) is 13.2 Å². The molecule has 0 fully saturated rings. The third-order valence-corrected chi connectivity index (χ3v) is 2.18. The Hall–Kier alpha value is -0.280. The van der Waals surface area contributed by atoms with Gasteiger partial charge < -0.3 is 4.74 Å². The Balaban J connectivity index is 2.55. The molecule has 0 atom stereocenters. The molecule has 14 heavy (non-hydrogen) atoms. The summed E-state index contributed by atoms with van der Waals surface area (Å²) in [6.45, 7) is 0.120. The highest BCUT2D eigenvalue weighted by Crippen LogP contribution is 2.21. The quantitative estimate of drug-likeness (QED) is 0.770. The first-order valence-electron chi connectivity index (χ1n) is 3.79. The minimum atomic E-state index is -0.532. The fourth-order valence-electron chi connectivity index (χ4n) is 0.880. The van der Waals surface area contributed by atoms with Crippen molar-refractivity contribution in [3.05, 3.63) is 33.8 Å². The normalized spacial score (nSPS) is 10.2. The van der Waals surface area contributed by atoms with Gasteiger partial charge in [0, 0.05) is 10.0 Å². The molecule has 0 aliphatic heterocycles. The van der Waals surface area contributed by atoms with Crippen molar-refractivity contribution in [2.75, 3.05) is 6.61 Å². The van der Waals surface area contributed by atoms with Gasteiger partial charge in [-0.25, -0.2) is 0 Å². The molecule has 0 heterocycles. The predicted octanol–water partition coefficient (Wildman–Crippen LogP) is 3.28. The lowest BCUT2D eigenvalue weighted by atomic mass is 10.2. The molecule has 0 unspecified atom stereocenters. The van der Waals surface area contributed by atoms with Crippen molar-refractivity contribution >= 4 is 40.0 Å². The molecule has 1 aromatic carbocycles. The van der Waals surface area contributed by atoms with E-state index < -0.39 is 5.24 Å². The van der Waals surface area contributed by atoms with Gasteiger partial charge in [0.05, 0.1) is 6.61 Å². The lowest BCUT2D eigenvalue weighted by Crippen LogP contribution is -2.01. The van der Waals surface area contributed by atoms with Crippen LogP contribution in [-0.2, 0) is 16.1 Å². The molecule has 0 aliphatic carbocycles. The SMILES string of the molecule is O=C(Cl)COCc1ccc(Cl)cc1Cl. The highest BCUT2D eigenvalue weighted by Gasteiger charge is 2.02. The van der Waals surface area contributed by atoms with E-state index in [1.165, 1.54) is 0 Å². The van der Waals surface area contributed by atoms with Crippen molar-refractivity contribution in [2.24, 2.45) is 0 Å². The minimum Gasteiger partial charge on any atom is -0.368 e. The minimum absolute atomic E-state index is 0.124. The number of hydrogen-bond donors (Lipinski definition) is 0. The Bertz CT molecular complexity index is 339. The van der Waals surface area contributed by atoms with Gasteiger partial charge in [0.1, 0.15) is 6.61 Å². The van der Waals surface area contributed by atoms with Crippen LogP contribution in [-0.4, -0.2) is 11.8 Å². The van der Waals surface area contributed by atoms with Crippen LogP contribution >= 0.6 is 34.8 Å². The molecule has 0 N–H and O–H groups in total. The van der Waals surface area contributed by atoms with Crippen molar-refractivity contribution in [1.29, 1.82) is 0 Å². The van der Waals surface area contributed by atoms with Crippen molar-refractivity contribution in [3.8, 4) is 0 Å². The lowest BCUT2D eigenvalue weighted by molar-refractivity contribution is -0.116. The summed E-state index contributed by atoms with van der Waals surface area (Å²) >= 11 is 16.7. The fraction of sp³-hybridized carbons (Fsp3) is 0.222. The van der Waals surface area contributed by atoms with Crippen LogP contribution in [0.1, 0.15) is 5.56 Å². The summed E-state index contributed by atoms with van der Waals surface area (Å²) in [6, 6.07) is 5.06. The smallest absolute Gasteiger partial charge is 0.247 e. The Labute approximate surface area is 96.7 Å². The van der Waals surface area contributed by atoms with Crippen LogP contribution in [0, 0.1) is 0 Å². The zero-order chi connectivity index (χ0) is 10.6. The zero-order valence-corrected chi connectivity index (χ0v) is 9.36. The van der Waals surface area contributed by atoms with E-state index in [2.05, 4.69) is 0 Å². The van der Waals surface area contributed by atoms with Gasteiger partial charge in [0.15, 0.2) is 0 Å². The first-order valence-corrected chi connectivity index (χ1v) is 4.93. The summed E-state index contributed by atoms with van der Waals surface area (Å²) in [7, 11) is 0. The first kappa shape index (κ1) is 11.8. The monoisotopic (exact) mass is 252 g/mol. The van der Waals surface area contributed by atoms with Crippen molar-refractivity contribution < 1.29 is 9.53 Å². The summed E-state index contributed by atoms with van der Waals surface area (Å²) in [4.78, 5) is 10.4. The van der Waals surface area contributed by atoms with Crippen LogP contribution in [0.3, 0.4) is 0 Å². The Morgan fingerprint density at radius 3 is 2.64 bits per heavy atom. The van der Waals surface area contributed by atoms with Crippen LogP contribution in [0.2, 0.25) is 10.0 Å². The molecule has 0 spiro atoms. The molecule has 2 nitrogen and oxygen atoms in total. The standard InChI is InChI=1S/C9H7Cl3O2/c10-7-2-1-6(8(11)3-7)4-14-5-9(12)13/h1-3H,4-5H2. The summed E-state index contributed by atoms with van der Waals surface area (Å²) in [6.07, 6.45) is 0. The molecule has 1 aromatic rings. The van der Waals surface area contributed by atoms with Crippen LogP contribution in [0.25, 0.3) is 0 Å². The highest BCUT2D eigenvalue weighted by molar-refractivity contribution is 6.63. The lowest BCUT2D eigenvalue weighted by Gasteiger charge is -2.04. The van der Waals surface area contributed by atoms with E-state index in [1.54, 1.807) is 18.2 Å². The van der Waals surface area contributed by atoms with E-state index in [1.807, 2.05) is 0 Å². The second kappa shape index (κ2) is 5.56. The number of halogens is 3. The number of hydrogen-bond acceptors (Lipinski definition) is 2. The van der Waals surface area contributed by atoms with Gasteiger partial charge in [-0.05, 0) is 29.3 Å².